The first-order valence-electron chi connectivity index (χ1n) is 4.56. The van der Waals surface area contributed by atoms with Gasteiger partial charge in [-0.15, -0.1) is 0 Å². The van der Waals surface area contributed by atoms with E-state index in [9.17, 15) is 0 Å². The van der Waals surface area contributed by atoms with Crippen molar-refractivity contribution in [2.75, 3.05) is 0 Å². The van der Waals surface area contributed by atoms with Crippen LogP contribution in [0, 0.1) is 22.7 Å². The Labute approximate surface area is 92.1 Å². The Hall–Kier alpha value is -2.72. The minimum absolute atomic E-state index is 0.0724. The van der Waals surface area contributed by atoms with Crippen molar-refractivity contribution < 1.29 is 0 Å². The normalized spacial score (nSPS) is 9.12. The van der Waals surface area contributed by atoms with E-state index in [1.807, 2.05) is 12.1 Å². The quantitative estimate of drug-likeness (QED) is 0.669. The lowest BCUT2D eigenvalue weighted by atomic mass is 10.1. The van der Waals surface area contributed by atoms with E-state index in [1.165, 1.54) is 6.08 Å². The molecule has 4 nitrogen and oxygen atoms in total. The maximum absolute atomic E-state index is 8.63. The molecule has 1 heterocycles. The molecule has 4 heteroatoms. The van der Waals surface area contributed by atoms with Crippen LogP contribution in [0.15, 0.2) is 36.2 Å². The van der Waals surface area contributed by atoms with Crippen molar-refractivity contribution in [2.24, 2.45) is 0 Å². The summed E-state index contributed by atoms with van der Waals surface area (Å²) in [7, 11) is 0. The lowest BCUT2D eigenvalue weighted by Gasteiger charge is -1.97. The summed E-state index contributed by atoms with van der Waals surface area (Å²) in [5.41, 5.74) is 2.37. The van der Waals surface area contributed by atoms with Gasteiger partial charge in [-0.05, 0) is 23.8 Å². The van der Waals surface area contributed by atoms with Gasteiger partial charge >= 0.3 is 0 Å². The fraction of sp³-hybridized carbons (Fsp3) is 0. The van der Waals surface area contributed by atoms with E-state index < -0.39 is 0 Å². The predicted molar refractivity (Wildman–Crippen MR) is 58.7 cm³/mol. The highest BCUT2D eigenvalue weighted by atomic mass is 14.8. The molecule has 0 bridgehead atoms. The van der Waals surface area contributed by atoms with E-state index in [0.29, 0.717) is 0 Å². The Morgan fingerprint density at radius 3 is 2.44 bits per heavy atom. The summed E-state index contributed by atoms with van der Waals surface area (Å²) in [6.45, 7) is 0. The first-order valence-corrected chi connectivity index (χ1v) is 4.56. The average Bonchev–Trinajstić information content (AvgIpc) is 2.35. The molecule has 16 heavy (non-hydrogen) atoms. The number of benzene rings is 1. The second-order valence-electron chi connectivity index (χ2n) is 3.09. The molecule has 0 N–H and O–H groups in total. The topological polar surface area (TPSA) is 73.4 Å². The zero-order valence-corrected chi connectivity index (χ0v) is 8.25. The standard InChI is InChI=1S/C12H6N4/c13-7-10(8-14)5-9-1-2-11-12(6-9)16-4-3-15-11/h1-6H. The van der Waals surface area contributed by atoms with Crippen LogP contribution in [0.4, 0.5) is 0 Å². The van der Waals surface area contributed by atoms with E-state index in [2.05, 4.69) is 9.97 Å². The highest BCUT2D eigenvalue weighted by Gasteiger charge is 1.98. The number of nitrogens with zero attached hydrogens (tertiary/aromatic N) is 4. The molecule has 1 aromatic heterocycles. The summed E-state index contributed by atoms with van der Waals surface area (Å²) in [4.78, 5) is 8.27. The zero-order chi connectivity index (χ0) is 11.4. The molecule has 74 valence electrons. The van der Waals surface area contributed by atoms with Crippen LogP contribution >= 0.6 is 0 Å². The number of nitriles is 2. The average molecular weight is 206 g/mol. The molecule has 1 aromatic carbocycles. The third-order valence-electron chi connectivity index (χ3n) is 2.05. The SMILES string of the molecule is N#CC(C#N)=Cc1ccc2nccnc2c1. The third-order valence-corrected chi connectivity index (χ3v) is 2.05. The van der Waals surface area contributed by atoms with E-state index in [-0.39, 0.29) is 5.57 Å². The van der Waals surface area contributed by atoms with E-state index in [0.717, 1.165) is 16.6 Å². The molecule has 0 aliphatic rings. The van der Waals surface area contributed by atoms with Crippen LogP contribution in [0.25, 0.3) is 17.1 Å². The molecule has 0 saturated heterocycles. The summed E-state index contributed by atoms with van der Waals surface area (Å²) >= 11 is 0. The van der Waals surface area contributed by atoms with E-state index >= 15 is 0 Å². The summed E-state index contributed by atoms with van der Waals surface area (Å²) in [6, 6.07) is 9.02. The van der Waals surface area contributed by atoms with Crippen LogP contribution < -0.4 is 0 Å². The van der Waals surface area contributed by atoms with Crippen LogP contribution in [-0.4, -0.2) is 9.97 Å². The zero-order valence-electron chi connectivity index (χ0n) is 8.25. The maximum Gasteiger partial charge on any atom is 0.130 e. The van der Waals surface area contributed by atoms with Gasteiger partial charge < -0.3 is 0 Å². The minimum atomic E-state index is 0.0724. The van der Waals surface area contributed by atoms with Crippen molar-refractivity contribution in [2.45, 2.75) is 0 Å². The van der Waals surface area contributed by atoms with Gasteiger partial charge in [-0.1, -0.05) is 6.07 Å². The van der Waals surface area contributed by atoms with Crippen molar-refractivity contribution in [1.82, 2.24) is 9.97 Å². The van der Waals surface area contributed by atoms with Crippen molar-refractivity contribution in [3.8, 4) is 12.1 Å². The van der Waals surface area contributed by atoms with Gasteiger partial charge in [0, 0.05) is 12.4 Å². The van der Waals surface area contributed by atoms with Gasteiger partial charge in [0.1, 0.15) is 17.7 Å². The molecule has 0 spiro atoms. The fourth-order valence-electron chi connectivity index (χ4n) is 1.33. The number of aromatic nitrogens is 2. The minimum Gasteiger partial charge on any atom is -0.253 e. The molecule has 0 aliphatic heterocycles. The number of allylic oxidation sites excluding steroid dienone is 1. The highest BCUT2D eigenvalue weighted by Crippen LogP contribution is 2.13. The first kappa shape index (κ1) is 9.82. The smallest absolute Gasteiger partial charge is 0.130 e. The van der Waals surface area contributed by atoms with Gasteiger partial charge in [-0.25, -0.2) is 0 Å². The molecule has 2 rings (SSSR count). The Balaban J connectivity index is 2.53. The van der Waals surface area contributed by atoms with Crippen molar-refractivity contribution in [1.29, 1.82) is 10.5 Å². The fourth-order valence-corrected chi connectivity index (χ4v) is 1.33. The molecule has 0 atom stereocenters. The van der Waals surface area contributed by atoms with Gasteiger partial charge in [0.15, 0.2) is 0 Å². The summed E-state index contributed by atoms with van der Waals surface area (Å²) in [5, 5.41) is 17.3. The number of hydrogen-bond donors (Lipinski definition) is 0. The Kier molecular flexibility index (Phi) is 2.58. The molecular weight excluding hydrogens is 200 g/mol. The van der Waals surface area contributed by atoms with Crippen molar-refractivity contribution >= 4 is 17.1 Å². The largest absolute Gasteiger partial charge is 0.253 e. The molecule has 0 unspecified atom stereocenters. The Bertz CT molecular complexity index is 628. The number of hydrogen-bond acceptors (Lipinski definition) is 4. The second kappa shape index (κ2) is 4.20. The van der Waals surface area contributed by atoms with Gasteiger partial charge in [0.05, 0.1) is 11.0 Å². The second-order valence-corrected chi connectivity index (χ2v) is 3.09. The monoisotopic (exact) mass is 206 g/mol. The van der Waals surface area contributed by atoms with Gasteiger partial charge in [-0.3, -0.25) is 9.97 Å². The lowest BCUT2D eigenvalue weighted by Crippen LogP contribution is -1.83. The van der Waals surface area contributed by atoms with Crippen molar-refractivity contribution in [3.63, 3.8) is 0 Å². The van der Waals surface area contributed by atoms with Gasteiger partial charge in [0.2, 0.25) is 0 Å². The van der Waals surface area contributed by atoms with Gasteiger partial charge in [-0.2, -0.15) is 10.5 Å². The molecule has 0 amide bonds. The molecule has 0 aliphatic carbocycles. The van der Waals surface area contributed by atoms with Crippen LogP contribution in [0.3, 0.4) is 0 Å². The Morgan fingerprint density at radius 2 is 1.75 bits per heavy atom. The molecule has 0 saturated carbocycles. The summed E-state index contributed by atoms with van der Waals surface area (Å²) in [6.07, 6.45) is 4.74. The molecule has 2 aromatic rings. The third kappa shape index (κ3) is 1.87. The molecule has 0 fully saturated rings. The van der Waals surface area contributed by atoms with E-state index in [4.69, 9.17) is 10.5 Å². The van der Waals surface area contributed by atoms with Crippen LogP contribution in [0.2, 0.25) is 0 Å². The molecular formula is C12H6N4. The first-order chi connectivity index (χ1) is 7.83. The van der Waals surface area contributed by atoms with Crippen LogP contribution in [0.5, 0.6) is 0 Å². The predicted octanol–water partition coefficient (Wildman–Crippen LogP) is 2.06. The Morgan fingerprint density at radius 1 is 1.06 bits per heavy atom. The number of rotatable bonds is 1. The molecule has 0 radical (unpaired) electrons. The summed E-state index contributed by atoms with van der Waals surface area (Å²) in [5.74, 6) is 0. The summed E-state index contributed by atoms with van der Waals surface area (Å²) < 4.78 is 0. The van der Waals surface area contributed by atoms with Crippen molar-refractivity contribution in [3.05, 3.63) is 41.7 Å². The maximum atomic E-state index is 8.63. The number of fused-ring (bicyclic) bond motifs is 1. The van der Waals surface area contributed by atoms with Crippen LogP contribution in [0.1, 0.15) is 5.56 Å². The van der Waals surface area contributed by atoms with E-state index in [1.54, 1.807) is 30.6 Å². The van der Waals surface area contributed by atoms with Gasteiger partial charge in [0.25, 0.3) is 0 Å². The van der Waals surface area contributed by atoms with Crippen LogP contribution in [-0.2, 0) is 0 Å². The highest BCUT2D eigenvalue weighted by molar-refractivity contribution is 5.78. The lowest BCUT2D eigenvalue weighted by molar-refractivity contribution is 1.29.